The smallest absolute Gasteiger partial charge is 0.214 e. The zero-order valence-electron chi connectivity index (χ0n) is 10.6. The molecule has 2 aromatic rings. The predicted octanol–water partition coefficient (Wildman–Crippen LogP) is 3.72. The monoisotopic (exact) mass is 332 g/mol. The fourth-order valence-corrected chi connectivity index (χ4v) is 2.46. The Morgan fingerprint density at radius 3 is 2.70 bits per heavy atom. The number of hydrogen-bond acceptors (Lipinski definition) is 3. The maximum absolute atomic E-state index is 12.5. The van der Waals surface area contributed by atoms with Gasteiger partial charge in [-0.15, -0.1) is 0 Å². The largest absolute Gasteiger partial charge is 0.383 e. The minimum Gasteiger partial charge on any atom is -0.383 e. The normalized spacial score (nSPS) is 10.8. The molecule has 0 bridgehead atoms. The molecule has 0 aliphatic heterocycles. The number of benzene rings is 1. The number of rotatable bonds is 5. The summed E-state index contributed by atoms with van der Waals surface area (Å²) in [6.45, 7) is 0.849. The Kier molecular flexibility index (Phi) is 5.05. The topological polar surface area (TPSA) is 44.1 Å². The maximum Gasteiger partial charge on any atom is 0.214 e. The Labute approximate surface area is 131 Å². The Hall–Kier alpha value is -1.07. The number of carbonyl (C=O) groups is 1. The molecule has 1 aromatic carbocycles. The van der Waals surface area contributed by atoms with Crippen LogP contribution in [0.2, 0.25) is 15.1 Å². The molecule has 2 rings (SSSR count). The van der Waals surface area contributed by atoms with Gasteiger partial charge in [-0.05, 0) is 18.2 Å². The van der Waals surface area contributed by atoms with E-state index in [0.717, 1.165) is 0 Å². The first-order valence-electron chi connectivity index (χ1n) is 5.74. The molecule has 0 unspecified atom stereocenters. The summed E-state index contributed by atoms with van der Waals surface area (Å²) in [5.41, 5.74) is 0.616. The molecule has 0 amide bonds. The molecule has 0 spiro atoms. The van der Waals surface area contributed by atoms with Crippen LogP contribution < -0.4 is 0 Å². The molecule has 0 aliphatic carbocycles. The Morgan fingerprint density at radius 1 is 1.30 bits per heavy atom. The molecule has 7 heteroatoms. The quantitative estimate of drug-likeness (QED) is 0.783. The third-order valence-electron chi connectivity index (χ3n) is 2.69. The van der Waals surface area contributed by atoms with E-state index in [1.54, 1.807) is 19.2 Å². The summed E-state index contributed by atoms with van der Waals surface area (Å²) in [7, 11) is 1.57. The van der Waals surface area contributed by atoms with Crippen LogP contribution in [0.25, 0.3) is 0 Å². The van der Waals surface area contributed by atoms with Crippen molar-refractivity contribution in [3.63, 3.8) is 0 Å². The standard InChI is InChI=1S/C13H11Cl3N2O2/c1-20-5-4-18-12(11(16)7-17-18)13(19)9-3-2-8(14)6-10(9)15/h2-3,6-7H,4-5H2,1H3. The number of methoxy groups -OCH3 is 1. The van der Waals surface area contributed by atoms with E-state index in [1.165, 1.54) is 16.9 Å². The lowest BCUT2D eigenvalue weighted by molar-refractivity contribution is 0.102. The van der Waals surface area contributed by atoms with Crippen LogP contribution in [0.15, 0.2) is 24.4 Å². The van der Waals surface area contributed by atoms with E-state index in [9.17, 15) is 4.79 Å². The predicted molar refractivity (Wildman–Crippen MR) is 79.0 cm³/mol. The first kappa shape index (κ1) is 15.3. The van der Waals surface area contributed by atoms with Crippen LogP contribution >= 0.6 is 34.8 Å². The van der Waals surface area contributed by atoms with Gasteiger partial charge in [-0.3, -0.25) is 9.48 Å². The maximum atomic E-state index is 12.5. The molecule has 0 aliphatic rings. The van der Waals surface area contributed by atoms with Gasteiger partial charge in [-0.2, -0.15) is 5.10 Å². The number of hydrogen-bond donors (Lipinski definition) is 0. The second kappa shape index (κ2) is 6.59. The fourth-order valence-electron chi connectivity index (χ4n) is 1.74. The van der Waals surface area contributed by atoms with Crippen molar-refractivity contribution < 1.29 is 9.53 Å². The van der Waals surface area contributed by atoms with Crippen molar-refractivity contribution in [1.82, 2.24) is 9.78 Å². The van der Waals surface area contributed by atoms with Crippen molar-refractivity contribution in [2.45, 2.75) is 6.54 Å². The lowest BCUT2D eigenvalue weighted by Gasteiger charge is -2.08. The molecule has 0 radical (unpaired) electrons. The Morgan fingerprint density at radius 2 is 2.05 bits per heavy atom. The van der Waals surface area contributed by atoms with E-state index in [4.69, 9.17) is 39.5 Å². The van der Waals surface area contributed by atoms with Crippen LogP contribution in [0.4, 0.5) is 0 Å². The third-order valence-corrected chi connectivity index (χ3v) is 3.52. The molecule has 1 heterocycles. The van der Waals surface area contributed by atoms with Gasteiger partial charge in [0.15, 0.2) is 0 Å². The van der Waals surface area contributed by atoms with Crippen molar-refractivity contribution in [2.24, 2.45) is 0 Å². The molecule has 4 nitrogen and oxygen atoms in total. The molecule has 0 saturated heterocycles. The van der Waals surface area contributed by atoms with Gasteiger partial charge in [0, 0.05) is 17.7 Å². The van der Waals surface area contributed by atoms with Gasteiger partial charge in [0.25, 0.3) is 0 Å². The highest BCUT2D eigenvalue weighted by Crippen LogP contribution is 2.26. The first-order chi connectivity index (χ1) is 9.54. The van der Waals surface area contributed by atoms with E-state index >= 15 is 0 Å². The van der Waals surface area contributed by atoms with Gasteiger partial charge >= 0.3 is 0 Å². The van der Waals surface area contributed by atoms with E-state index < -0.39 is 0 Å². The first-order valence-corrected chi connectivity index (χ1v) is 6.88. The lowest BCUT2D eigenvalue weighted by Crippen LogP contribution is -2.15. The molecule has 20 heavy (non-hydrogen) atoms. The van der Waals surface area contributed by atoms with Crippen LogP contribution in [-0.4, -0.2) is 29.3 Å². The van der Waals surface area contributed by atoms with Crippen LogP contribution in [-0.2, 0) is 11.3 Å². The second-order valence-electron chi connectivity index (χ2n) is 4.01. The molecule has 1 aromatic heterocycles. The molecule has 0 fully saturated rings. The highest BCUT2D eigenvalue weighted by Gasteiger charge is 2.21. The van der Waals surface area contributed by atoms with E-state index in [2.05, 4.69) is 5.10 Å². The zero-order chi connectivity index (χ0) is 14.7. The number of ether oxygens (including phenoxy) is 1. The number of halogens is 3. The molecule has 0 saturated carbocycles. The molecule has 106 valence electrons. The SMILES string of the molecule is COCCn1ncc(Cl)c1C(=O)c1ccc(Cl)cc1Cl. The summed E-state index contributed by atoms with van der Waals surface area (Å²) < 4.78 is 6.48. The minimum atomic E-state index is -0.301. The van der Waals surface area contributed by atoms with Crippen LogP contribution in [0.3, 0.4) is 0 Å². The average molecular weight is 334 g/mol. The Bertz CT molecular complexity index is 641. The summed E-state index contributed by atoms with van der Waals surface area (Å²) in [5.74, 6) is -0.301. The summed E-state index contributed by atoms with van der Waals surface area (Å²) in [4.78, 5) is 12.5. The highest BCUT2D eigenvalue weighted by atomic mass is 35.5. The Balaban J connectivity index is 2.40. The third kappa shape index (κ3) is 3.15. The van der Waals surface area contributed by atoms with Gasteiger partial charge in [0.2, 0.25) is 5.78 Å². The number of carbonyl (C=O) groups excluding carboxylic acids is 1. The van der Waals surface area contributed by atoms with Gasteiger partial charge in [0.05, 0.1) is 29.4 Å². The summed E-state index contributed by atoms with van der Waals surface area (Å²) in [5, 5.41) is 5.08. The highest BCUT2D eigenvalue weighted by molar-refractivity contribution is 6.39. The van der Waals surface area contributed by atoms with Crippen LogP contribution in [0.5, 0.6) is 0 Å². The fraction of sp³-hybridized carbons (Fsp3) is 0.231. The van der Waals surface area contributed by atoms with Crippen molar-refractivity contribution >= 4 is 40.6 Å². The molecular weight excluding hydrogens is 323 g/mol. The van der Waals surface area contributed by atoms with Crippen molar-refractivity contribution in [1.29, 1.82) is 0 Å². The minimum absolute atomic E-state index is 0.275. The average Bonchev–Trinajstić information content (AvgIpc) is 2.77. The van der Waals surface area contributed by atoms with Crippen LogP contribution in [0, 0.1) is 0 Å². The van der Waals surface area contributed by atoms with Crippen molar-refractivity contribution in [3.8, 4) is 0 Å². The molecular formula is C13H11Cl3N2O2. The summed E-state index contributed by atoms with van der Waals surface area (Å²) in [6, 6.07) is 4.68. The van der Waals surface area contributed by atoms with Crippen molar-refractivity contribution in [2.75, 3.05) is 13.7 Å². The van der Waals surface area contributed by atoms with Gasteiger partial charge in [-0.1, -0.05) is 34.8 Å². The zero-order valence-corrected chi connectivity index (χ0v) is 12.8. The number of aromatic nitrogens is 2. The summed E-state index contributed by atoms with van der Waals surface area (Å²) in [6.07, 6.45) is 1.42. The molecule has 0 N–H and O–H groups in total. The molecule has 0 atom stereocenters. The van der Waals surface area contributed by atoms with E-state index in [0.29, 0.717) is 23.7 Å². The van der Waals surface area contributed by atoms with E-state index in [1.807, 2.05) is 0 Å². The van der Waals surface area contributed by atoms with Gasteiger partial charge in [0.1, 0.15) is 5.69 Å². The van der Waals surface area contributed by atoms with E-state index in [-0.39, 0.29) is 21.5 Å². The lowest BCUT2D eigenvalue weighted by atomic mass is 10.1. The van der Waals surface area contributed by atoms with Crippen LogP contribution in [0.1, 0.15) is 16.1 Å². The van der Waals surface area contributed by atoms with Gasteiger partial charge < -0.3 is 4.74 Å². The van der Waals surface area contributed by atoms with Gasteiger partial charge in [-0.25, -0.2) is 0 Å². The number of nitrogens with zero attached hydrogens (tertiary/aromatic N) is 2. The second-order valence-corrected chi connectivity index (χ2v) is 5.26. The summed E-state index contributed by atoms with van der Waals surface area (Å²) >= 11 is 17.9. The van der Waals surface area contributed by atoms with Crippen molar-refractivity contribution in [3.05, 3.63) is 50.7 Å². The number of ketones is 1.